The minimum atomic E-state index is -0.425. The van der Waals surface area contributed by atoms with Gasteiger partial charge in [-0.1, -0.05) is 18.2 Å². The molecule has 1 saturated heterocycles. The summed E-state index contributed by atoms with van der Waals surface area (Å²) in [5.41, 5.74) is 0. The van der Waals surface area contributed by atoms with Crippen LogP contribution in [0.1, 0.15) is 12.8 Å². The second-order valence-electron chi connectivity index (χ2n) is 5.77. The highest BCUT2D eigenvalue weighted by Gasteiger charge is 2.22. The van der Waals surface area contributed by atoms with Gasteiger partial charge in [-0.05, 0) is 52.2 Å². The van der Waals surface area contributed by atoms with Crippen molar-refractivity contribution in [3.63, 3.8) is 0 Å². The molecule has 0 radical (unpaired) electrons. The normalized spacial score (nSPS) is 19.2. The van der Waals surface area contributed by atoms with E-state index >= 15 is 0 Å². The van der Waals surface area contributed by atoms with Crippen LogP contribution in [-0.4, -0.2) is 67.4 Å². The average Bonchev–Trinajstić information content (AvgIpc) is 2.47. The number of β-amino-alcohol motifs (C(OH)–C–C–N with tert-alkyl or cyclic N) is 1. The van der Waals surface area contributed by atoms with Crippen molar-refractivity contribution in [2.45, 2.75) is 25.0 Å². The van der Waals surface area contributed by atoms with Crippen molar-refractivity contribution in [2.75, 3.05) is 40.3 Å². The van der Waals surface area contributed by atoms with Crippen LogP contribution in [0.15, 0.2) is 30.3 Å². The minimum Gasteiger partial charge on any atom is -0.491 e. The highest BCUT2D eigenvalue weighted by atomic mass is 16.5. The van der Waals surface area contributed by atoms with Crippen LogP contribution >= 0.6 is 0 Å². The summed E-state index contributed by atoms with van der Waals surface area (Å²) in [5.74, 6) is 0.817. The third kappa shape index (κ3) is 4.78. The fraction of sp³-hybridized carbons (Fsp3) is 0.625. The molecular formula is C16H26N2O2. The third-order valence-corrected chi connectivity index (χ3v) is 3.94. The number of likely N-dealkylation sites (tertiary alicyclic amines) is 1. The van der Waals surface area contributed by atoms with Crippen molar-refractivity contribution < 1.29 is 9.84 Å². The Labute approximate surface area is 122 Å². The van der Waals surface area contributed by atoms with Crippen molar-refractivity contribution in [3.8, 4) is 5.75 Å². The summed E-state index contributed by atoms with van der Waals surface area (Å²) in [4.78, 5) is 4.63. The van der Waals surface area contributed by atoms with Gasteiger partial charge in [0.15, 0.2) is 0 Å². The summed E-state index contributed by atoms with van der Waals surface area (Å²) in [6.45, 7) is 3.18. The van der Waals surface area contributed by atoms with E-state index in [1.165, 1.54) is 12.8 Å². The second kappa shape index (κ2) is 7.62. The number of rotatable bonds is 6. The van der Waals surface area contributed by atoms with Crippen LogP contribution in [0.3, 0.4) is 0 Å². The molecule has 0 unspecified atom stereocenters. The molecule has 4 nitrogen and oxygen atoms in total. The summed E-state index contributed by atoms with van der Waals surface area (Å²) < 4.78 is 5.58. The maximum absolute atomic E-state index is 10.1. The van der Waals surface area contributed by atoms with Crippen LogP contribution in [0.4, 0.5) is 0 Å². The predicted octanol–water partition coefficient (Wildman–Crippen LogP) is 1.45. The molecule has 0 saturated carbocycles. The smallest absolute Gasteiger partial charge is 0.119 e. The summed E-state index contributed by atoms with van der Waals surface area (Å²) in [7, 11) is 4.28. The molecule has 1 atom stereocenters. The van der Waals surface area contributed by atoms with Crippen molar-refractivity contribution >= 4 is 0 Å². The van der Waals surface area contributed by atoms with Gasteiger partial charge in [-0.2, -0.15) is 0 Å². The molecule has 1 fully saturated rings. The standard InChI is InChI=1S/C16H26N2O2/c1-17(2)14-8-10-18(11-9-14)12-15(19)13-20-16-6-4-3-5-7-16/h3-7,14-15,19H,8-13H2,1-2H3/t15-/m0/s1. The Bertz CT molecular complexity index is 375. The first-order valence-electron chi connectivity index (χ1n) is 7.40. The molecule has 1 aromatic rings. The largest absolute Gasteiger partial charge is 0.491 e. The number of hydrogen-bond acceptors (Lipinski definition) is 4. The van der Waals surface area contributed by atoms with Crippen molar-refractivity contribution in [1.82, 2.24) is 9.80 Å². The van der Waals surface area contributed by atoms with Crippen LogP contribution in [0.25, 0.3) is 0 Å². The zero-order chi connectivity index (χ0) is 14.4. The van der Waals surface area contributed by atoms with Gasteiger partial charge in [0.1, 0.15) is 18.5 Å². The first kappa shape index (κ1) is 15.3. The van der Waals surface area contributed by atoms with Gasteiger partial charge in [0.05, 0.1) is 0 Å². The molecule has 1 aliphatic rings. The molecule has 0 aromatic heterocycles. The summed E-state index contributed by atoms with van der Waals surface area (Å²) in [6, 6.07) is 10.3. The van der Waals surface area contributed by atoms with E-state index in [-0.39, 0.29) is 0 Å². The van der Waals surface area contributed by atoms with Crippen LogP contribution < -0.4 is 4.74 Å². The van der Waals surface area contributed by atoms with E-state index in [9.17, 15) is 5.11 Å². The van der Waals surface area contributed by atoms with Crippen molar-refractivity contribution in [2.24, 2.45) is 0 Å². The first-order chi connectivity index (χ1) is 9.65. The monoisotopic (exact) mass is 278 g/mol. The Morgan fingerprint density at radius 2 is 1.90 bits per heavy atom. The van der Waals surface area contributed by atoms with E-state index < -0.39 is 6.10 Å². The van der Waals surface area contributed by atoms with Crippen LogP contribution in [0.2, 0.25) is 0 Å². The highest BCUT2D eigenvalue weighted by molar-refractivity contribution is 5.20. The van der Waals surface area contributed by atoms with Gasteiger partial charge in [-0.25, -0.2) is 0 Å². The maximum atomic E-state index is 10.1. The fourth-order valence-electron chi connectivity index (χ4n) is 2.68. The van der Waals surface area contributed by atoms with Gasteiger partial charge in [0, 0.05) is 12.6 Å². The van der Waals surface area contributed by atoms with E-state index in [1.54, 1.807) is 0 Å². The number of nitrogens with zero attached hydrogens (tertiary/aromatic N) is 2. The number of hydrogen-bond donors (Lipinski definition) is 1. The number of aliphatic hydroxyl groups is 1. The number of para-hydroxylation sites is 1. The molecule has 4 heteroatoms. The predicted molar refractivity (Wildman–Crippen MR) is 81.1 cm³/mol. The zero-order valence-corrected chi connectivity index (χ0v) is 12.5. The molecule has 1 aliphatic heterocycles. The number of benzene rings is 1. The van der Waals surface area contributed by atoms with Crippen LogP contribution in [-0.2, 0) is 0 Å². The van der Waals surface area contributed by atoms with E-state index in [4.69, 9.17) is 4.74 Å². The molecule has 20 heavy (non-hydrogen) atoms. The molecule has 112 valence electrons. The SMILES string of the molecule is CN(C)C1CCN(C[C@H](O)COc2ccccc2)CC1. The summed E-state index contributed by atoms with van der Waals surface area (Å²) in [5, 5.41) is 10.1. The molecule has 0 amide bonds. The zero-order valence-electron chi connectivity index (χ0n) is 12.5. The fourth-order valence-corrected chi connectivity index (χ4v) is 2.68. The Morgan fingerprint density at radius 1 is 1.25 bits per heavy atom. The quantitative estimate of drug-likeness (QED) is 0.854. The van der Waals surface area contributed by atoms with Crippen molar-refractivity contribution in [1.29, 1.82) is 0 Å². The lowest BCUT2D eigenvalue weighted by molar-refractivity contribution is 0.0506. The van der Waals surface area contributed by atoms with Crippen LogP contribution in [0.5, 0.6) is 5.75 Å². The average molecular weight is 278 g/mol. The summed E-state index contributed by atoms with van der Waals surface area (Å²) in [6.07, 6.45) is 1.93. The minimum absolute atomic E-state index is 0.359. The topological polar surface area (TPSA) is 35.9 Å². The molecular weight excluding hydrogens is 252 g/mol. The number of ether oxygens (including phenoxy) is 1. The number of piperidine rings is 1. The molecule has 2 rings (SSSR count). The molecule has 1 heterocycles. The highest BCUT2D eigenvalue weighted by Crippen LogP contribution is 2.14. The number of aliphatic hydroxyl groups excluding tert-OH is 1. The Balaban J connectivity index is 1.66. The van der Waals surface area contributed by atoms with E-state index in [0.29, 0.717) is 19.2 Å². The Kier molecular flexibility index (Phi) is 5.83. The molecule has 1 N–H and O–H groups in total. The Morgan fingerprint density at radius 3 is 2.50 bits per heavy atom. The lowest BCUT2D eigenvalue weighted by Crippen LogP contribution is -2.45. The van der Waals surface area contributed by atoms with Gasteiger partial charge in [0.25, 0.3) is 0 Å². The molecule has 0 aliphatic carbocycles. The van der Waals surface area contributed by atoms with Crippen molar-refractivity contribution in [3.05, 3.63) is 30.3 Å². The Hall–Kier alpha value is -1.10. The van der Waals surface area contributed by atoms with Crippen LogP contribution in [0, 0.1) is 0 Å². The lowest BCUT2D eigenvalue weighted by Gasteiger charge is -2.35. The molecule has 1 aromatic carbocycles. The van der Waals surface area contributed by atoms with Gasteiger partial charge in [-0.15, -0.1) is 0 Å². The van der Waals surface area contributed by atoms with Gasteiger partial charge in [0.2, 0.25) is 0 Å². The van der Waals surface area contributed by atoms with E-state index in [2.05, 4.69) is 23.9 Å². The van der Waals surface area contributed by atoms with Gasteiger partial charge < -0.3 is 19.6 Å². The second-order valence-corrected chi connectivity index (χ2v) is 5.77. The van der Waals surface area contributed by atoms with E-state index in [0.717, 1.165) is 18.8 Å². The van der Waals surface area contributed by atoms with Gasteiger partial charge in [-0.3, -0.25) is 0 Å². The van der Waals surface area contributed by atoms with Gasteiger partial charge >= 0.3 is 0 Å². The third-order valence-electron chi connectivity index (χ3n) is 3.94. The maximum Gasteiger partial charge on any atom is 0.119 e. The van der Waals surface area contributed by atoms with E-state index in [1.807, 2.05) is 30.3 Å². The lowest BCUT2D eigenvalue weighted by atomic mass is 10.0. The molecule has 0 spiro atoms. The molecule has 0 bridgehead atoms. The first-order valence-corrected chi connectivity index (χ1v) is 7.40. The summed E-state index contributed by atoms with van der Waals surface area (Å²) >= 11 is 0.